The third kappa shape index (κ3) is 6.54. The van der Waals surface area contributed by atoms with Crippen LogP contribution in [0.3, 0.4) is 0 Å². The summed E-state index contributed by atoms with van der Waals surface area (Å²) in [4.78, 5) is 41.2. The van der Waals surface area contributed by atoms with Gasteiger partial charge in [0.1, 0.15) is 35.2 Å². The van der Waals surface area contributed by atoms with Gasteiger partial charge in [0.2, 0.25) is 0 Å². The number of benzene rings is 1. The topological polar surface area (TPSA) is 131 Å². The standard InChI is InChI=1S/C32H43N5O7S/c1-19-25-27(35-10-12-45(40,41)13-11-35)33-18-34-28(25)37(30(39)44-32(5,6)7)24-15-21(14-23(20-8-9-20)26(24)42-19)22-16-36(17-22)29(38)43-31(2,3)4/h14-15,18-20,22H,8-13,16-17H2,1-7H3/t19-/m1/s1. The van der Waals surface area contributed by atoms with E-state index in [1.165, 1.54) is 11.2 Å². The highest BCUT2D eigenvalue weighted by Crippen LogP contribution is 2.54. The Hall–Kier alpha value is -3.61. The summed E-state index contributed by atoms with van der Waals surface area (Å²) >= 11 is 0. The van der Waals surface area contributed by atoms with Gasteiger partial charge in [-0.05, 0) is 84.4 Å². The molecule has 3 fully saturated rings. The van der Waals surface area contributed by atoms with Gasteiger partial charge in [-0.3, -0.25) is 0 Å². The lowest BCUT2D eigenvalue weighted by atomic mass is 9.89. The molecule has 2 saturated heterocycles. The van der Waals surface area contributed by atoms with Gasteiger partial charge in [-0.15, -0.1) is 0 Å². The molecule has 4 aliphatic rings. The SMILES string of the molecule is C[C@H]1Oc2c(C3CC3)cc(C3CN(C(=O)OC(C)(C)C)C3)cc2N(C(=O)OC(C)(C)C)c2ncnc(N3CCS(=O)(=O)CC3)c21. The zero-order valence-corrected chi connectivity index (χ0v) is 27.9. The molecule has 4 heterocycles. The molecule has 0 bridgehead atoms. The third-order valence-corrected chi connectivity index (χ3v) is 9.97. The van der Waals surface area contributed by atoms with Crippen LogP contribution in [0.2, 0.25) is 0 Å². The Kier molecular flexibility index (Phi) is 7.69. The summed E-state index contributed by atoms with van der Waals surface area (Å²) in [7, 11) is -3.12. The van der Waals surface area contributed by atoms with Gasteiger partial charge in [0.15, 0.2) is 15.7 Å². The Balaban J connectivity index is 1.44. The highest BCUT2D eigenvalue weighted by Gasteiger charge is 2.42. The largest absolute Gasteiger partial charge is 0.483 e. The van der Waals surface area contributed by atoms with Gasteiger partial charge in [0.25, 0.3) is 0 Å². The number of hydrogen-bond donors (Lipinski definition) is 0. The summed E-state index contributed by atoms with van der Waals surface area (Å²) < 4.78 is 42.7. The molecule has 1 aliphatic carbocycles. The van der Waals surface area contributed by atoms with Crippen molar-refractivity contribution in [2.24, 2.45) is 0 Å². The Morgan fingerprint density at radius 2 is 1.49 bits per heavy atom. The van der Waals surface area contributed by atoms with Crippen LogP contribution in [0.15, 0.2) is 18.5 Å². The maximum absolute atomic E-state index is 14.1. The minimum absolute atomic E-state index is 0.0217. The lowest BCUT2D eigenvalue weighted by Crippen LogP contribution is -2.50. The average molecular weight is 642 g/mol. The van der Waals surface area contributed by atoms with Crippen molar-refractivity contribution in [3.63, 3.8) is 0 Å². The number of carbonyl (C=O) groups excluding carboxylic acids is 2. The lowest BCUT2D eigenvalue weighted by Gasteiger charge is -2.40. The summed E-state index contributed by atoms with van der Waals surface area (Å²) in [5, 5.41) is 0. The maximum Gasteiger partial charge on any atom is 0.420 e. The number of nitrogens with zero attached hydrogens (tertiary/aromatic N) is 5. The molecular weight excluding hydrogens is 598 g/mol. The number of sulfone groups is 1. The van der Waals surface area contributed by atoms with Crippen molar-refractivity contribution in [3.8, 4) is 5.75 Å². The van der Waals surface area contributed by atoms with Crippen LogP contribution in [0.1, 0.15) is 95.9 Å². The normalized spacial score (nSPS) is 21.6. The first-order valence-corrected chi connectivity index (χ1v) is 17.5. The molecule has 13 heteroatoms. The molecule has 3 aliphatic heterocycles. The smallest absolute Gasteiger partial charge is 0.420 e. The fourth-order valence-electron chi connectivity index (χ4n) is 5.99. The first-order valence-electron chi connectivity index (χ1n) is 15.7. The van der Waals surface area contributed by atoms with E-state index in [0.717, 1.165) is 24.0 Å². The monoisotopic (exact) mass is 641 g/mol. The van der Waals surface area contributed by atoms with Crippen molar-refractivity contribution in [1.29, 1.82) is 0 Å². The molecule has 12 nitrogen and oxygen atoms in total. The van der Waals surface area contributed by atoms with Gasteiger partial charge < -0.3 is 24.0 Å². The average Bonchev–Trinajstić information content (AvgIpc) is 3.73. The number of likely N-dealkylation sites (tertiary alicyclic amines) is 1. The van der Waals surface area contributed by atoms with E-state index in [2.05, 4.69) is 16.0 Å². The van der Waals surface area contributed by atoms with Crippen molar-refractivity contribution >= 4 is 39.3 Å². The molecule has 6 rings (SSSR count). The predicted octanol–water partition coefficient (Wildman–Crippen LogP) is 5.45. The first-order chi connectivity index (χ1) is 21.0. The summed E-state index contributed by atoms with van der Waals surface area (Å²) in [5.41, 5.74) is 1.79. The molecular formula is C32H43N5O7S. The molecule has 2 amide bonds. The van der Waals surface area contributed by atoms with Crippen LogP contribution in [0, 0.1) is 0 Å². The van der Waals surface area contributed by atoms with E-state index in [4.69, 9.17) is 14.2 Å². The fourth-order valence-corrected chi connectivity index (χ4v) is 7.19. The number of amides is 2. The number of hydrogen-bond acceptors (Lipinski definition) is 10. The van der Waals surface area contributed by atoms with E-state index in [-0.39, 0.29) is 42.5 Å². The summed E-state index contributed by atoms with van der Waals surface area (Å²) in [6.45, 7) is 14.5. The number of ether oxygens (including phenoxy) is 3. The molecule has 0 unspecified atom stereocenters. The summed E-state index contributed by atoms with van der Waals surface area (Å²) in [6.07, 6.45) is 1.94. The Morgan fingerprint density at radius 1 is 0.889 bits per heavy atom. The van der Waals surface area contributed by atoms with Gasteiger partial charge in [0, 0.05) is 32.1 Å². The molecule has 0 spiro atoms. The van der Waals surface area contributed by atoms with E-state index in [9.17, 15) is 18.0 Å². The number of rotatable bonds is 3. The zero-order chi connectivity index (χ0) is 32.5. The van der Waals surface area contributed by atoms with Crippen molar-refractivity contribution in [1.82, 2.24) is 14.9 Å². The molecule has 244 valence electrons. The second-order valence-electron chi connectivity index (χ2n) is 14.5. The lowest BCUT2D eigenvalue weighted by molar-refractivity contribution is 0.00817. The fraction of sp³-hybridized carbons (Fsp3) is 0.625. The van der Waals surface area contributed by atoms with E-state index < -0.39 is 33.2 Å². The van der Waals surface area contributed by atoms with Crippen LogP contribution in [0.4, 0.5) is 26.9 Å². The Bertz CT molecular complexity index is 1610. The van der Waals surface area contributed by atoms with Crippen molar-refractivity contribution < 1.29 is 32.2 Å². The van der Waals surface area contributed by atoms with E-state index in [1.54, 1.807) is 4.90 Å². The highest BCUT2D eigenvalue weighted by molar-refractivity contribution is 7.91. The van der Waals surface area contributed by atoms with Gasteiger partial charge in [-0.2, -0.15) is 0 Å². The van der Waals surface area contributed by atoms with E-state index in [1.807, 2.05) is 59.4 Å². The second kappa shape index (κ2) is 11.0. The van der Waals surface area contributed by atoms with Crippen LogP contribution in [0.25, 0.3) is 0 Å². The van der Waals surface area contributed by atoms with E-state index >= 15 is 0 Å². The Labute approximate surface area is 265 Å². The summed E-state index contributed by atoms with van der Waals surface area (Å²) in [5.74, 6) is 1.88. The molecule has 1 saturated carbocycles. The van der Waals surface area contributed by atoms with Crippen LogP contribution in [0.5, 0.6) is 5.75 Å². The molecule has 1 aromatic carbocycles. The number of fused-ring (bicyclic) bond motifs is 2. The van der Waals surface area contributed by atoms with Crippen LogP contribution in [-0.2, 0) is 19.3 Å². The van der Waals surface area contributed by atoms with Crippen LogP contribution >= 0.6 is 0 Å². The van der Waals surface area contributed by atoms with Crippen LogP contribution < -0.4 is 14.5 Å². The molecule has 1 aromatic heterocycles. The second-order valence-corrected chi connectivity index (χ2v) is 16.8. The van der Waals surface area contributed by atoms with Gasteiger partial charge >= 0.3 is 12.2 Å². The zero-order valence-electron chi connectivity index (χ0n) is 27.1. The predicted molar refractivity (Wildman–Crippen MR) is 169 cm³/mol. The maximum atomic E-state index is 14.1. The van der Waals surface area contributed by atoms with Gasteiger partial charge in [-0.25, -0.2) is 32.9 Å². The number of carbonyl (C=O) groups is 2. The molecule has 2 aromatic rings. The van der Waals surface area contributed by atoms with Crippen molar-refractivity contribution in [2.45, 2.75) is 90.4 Å². The van der Waals surface area contributed by atoms with E-state index in [0.29, 0.717) is 41.7 Å². The van der Waals surface area contributed by atoms with Crippen LogP contribution in [-0.4, -0.2) is 84.4 Å². The van der Waals surface area contributed by atoms with Crippen molar-refractivity contribution in [2.75, 3.05) is 47.5 Å². The molecule has 0 radical (unpaired) electrons. The minimum atomic E-state index is -3.12. The number of anilines is 3. The van der Waals surface area contributed by atoms with Gasteiger partial charge in [0.05, 0.1) is 22.8 Å². The highest BCUT2D eigenvalue weighted by atomic mass is 32.2. The first kappa shape index (κ1) is 31.4. The molecule has 45 heavy (non-hydrogen) atoms. The quantitative estimate of drug-likeness (QED) is 0.426. The van der Waals surface area contributed by atoms with Crippen molar-refractivity contribution in [3.05, 3.63) is 35.2 Å². The molecule has 0 N–H and O–H groups in total. The summed E-state index contributed by atoms with van der Waals surface area (Å²) in [6, 6.07) is 4.12. The molecule has 1 atom stereocenters. The number of aromatic nitrogens is 2. The minimum Gasteiger partial charge on any atom is -0.483 e. The third-order valence-electron chi connectivity index (χ3n) is 8.36. The van der Waals surface area contributed by atoms with Gasteiger partial charge in [-0.1, -0.05) is 6.07 Å². The Morgan fingerprint density at radius 3 is 2.09 bits per heavy atom.